The van der Waals surface area contributed by atoms with E-state index in [4.69, 9.17) is 0 Å². The third-order valence-corrected chi connectivity index (χ3v) is 4.03. The summed E-state index contributed by atoms with van der Waals surface area (Å²) in [5.41, 5.74) is 1.37. The van der Waals surface area contributed by atoms with Gasteiger partial charge in [-0.1, -0.05) is 30.3 Å². The minimum Gasteiger partial charge on any atom is -0.356 e. The van der Waals surface area contributed by atoms with E-state index in [1.165, 1.54) is 18.4 Å². The highest BCUT2D eigenvalue weighted by Crippen LogP contribution is 2.27. The summed E-state index contributed by atoms with van der Waals surface area (Å²) < 4.78 is 0. The predicted molar refractivity (Wildman–Crippen MR) is 89.7 cm³/mol. The Labute approximate surface area is 128 Å². The molecule has 0 aromatic heterocycles. The average molecular weight is 288 g/mol. The molecule has 0 aliphatic heterocycles. The van der Waals surface area contributed by atoms with E-state index in [0.29, 0.717) is 6.04 Å². The molecular weight excluding hydrogens is 260 g/mol. The number of hydrogen-bond acceptors (Lipinski definition) is 2. The zero-order chi connectivity index (χ0) is 15.1. The first-order valence-electron chi connectivity index (χ1n) is 7.84. The second kappa shape index (κ2) is 8.03. The molecule has 21 heavy (non-hydrogen) atoms. The van der Waals surface area contributed by atoms with Gasteiger partial charge in [-0.3, -0.25) is 4.99 Å². The average Bonchev–Trinajstić information content (AvgIpc) is 3.31. The Balaban J connectivity index is 1.81. The van der Waals surface area contributed by atoms with Crippen LogP contribution in [-0.4, -0.2) is 51.1 Å². The third kappa shape index (κ3) is 5.76. The topological polar surface area (TPSA) is 39.7 Å². The molecule has 1 saturated carbocycles. The van der Waals surface area contributed by atoms with E-state index in [0.717, 1.165) is 31.4 Å². The van der Waals surface area contributed by atoms with Gasteiger partial charge < -0.3 is 15.5 Å². The first-order valence-corrected chi connectivity index (χ1v) is 7.84. The van der Waals surface area contributed by atoms with Gasteiger partial charge in [0.05, 0.1) is 0 Å². The van der Waals surface area contributed by atoms with E-state index < -0.39 is 0 Å². The Morgan fingerprint density at radius 3 is 2.52 bits per heavy atom. The fourth-order valence-corrected chi connectivity index (χ4v) is 2.32. The lowest BCUT2D eigenvalue weighted by Gasteiger charge is -2.25. The van der Waals surface area contributed by atoms with Crippen LogP contribution in [0.4, 0.5) is 0 Å². The van der Waals surface area contributed by atoms with E-state index >= 15 is 0 Å². The van der Waals surface area contributed by atoms with Crippen molar-refractivity contribution in [2.75, 3.05) is 34.2 Å². The number of nitrogens with zero attached hydrogens (tertiary/aromatic N) is 2. The van der Waals surface area contributed by atoms with E-state index in [-0.39, 0.29) is 0 Å². The van der Waals surface area contributed by atoms with E-state index in [2.05, 4.69) is 65.0 Å². The SMILES string of the molecule is CN=C(NCC1CC1)NCC(Cc1ccccc1)N(C)C. The molecule has 1 aliphatic carbocycles. The van der Waals surface area contributed by atoms with E-state index in [1.54, 1.807) is 0 Å². The second-order valence-corrected chi connectivity index (χ2v) is 6.08. The van der Waals surface area contributed by atoms with Crippen molar-refractivity contribution in [3.63, 3.8) is 0 Å². The highest BCUT2D eigenvalue weighted by atomic mass is 15.2. The van der Waals surface area contributed by atoms with Gasteiger partial charge in [-0.25, -0.2) is 0 Å². The lowest BCUT2D eigenvalue weighted by molar-refractivity contribution is 0.290. The molecule has 2 rings (SSSR count). The van der Waals surface area contributed by atoms with Gasteiger partial charge in [0.2, 0.25) is 0 Å². The van der Waals surface area contributed by atoms with Crippen LogP contribution in [0.15, 0.2) is 35.3 Å². The minimum atomic E-state index is 0.451. The van der Waals surface area contributed by atoms with Crippen LogP contribution in [0.3, 0.4) is 0 Å². The van der Waals surface area contributed by atoms with Gasteiger partial charge in [0.15, 0.2) is 5.96 Å². The molecule has 1 aromatic rings. The number of hydrogen-bond donors (Lipinski definition) is 2. The quantitative estimate of drug-likeness (QED) is 0.593. The van der Waals surface area contributed by atoms with Crippen LogP contribution in [0.5, 0.6) is 0 Å². The molecular formula is C17H28N4. The van der Waals surface area contributed by atoms with Crippen molar-refractivity contribution in [1.82, 2.24) is 15.5 Å². The number of nitrogens with one attached hydrogen (secondary N) is 2. The minimum absolute atomic E-state index is 0.451. The molecule has 0 amide bonds. The van der Waals surface area contributed by atoms with Crippen LogP contribution < -0.4 is 10.6 Å². The molecule has 0 radical (unpaired) electrons. The molecule has 4 nitrogen and oxygen atoms in total. The maximum Gasteiger partial charge on any atom is 0.191 e. The number of guanidine groups is 1. The summed E-state index contributed by atoms with van der Waals surface area (Å²) in [7, 11) is 6.11. The highest BCUT2D eigenvalue weighted by Gasteiger charge is 2.21. The predicted octanol–water partition coefficient (Wildman–Crippen LogP) is 1.73. The zero-order valence-corrected chi connectivity index (χ0v) is 13.5. The van der Waals surface area contributed by atoms with E-state index in [1.807, 2.05) is 7.05 Å². The largest absolute Gasteiger partial charge is 0.356 e. The van der Waals surface area contributed by atoms with Crippen molar-refractivity contribution in [2.24, 2.45) is 10.9 Å². The Hall–Kier alpha value is -1.55. The molecule has 1 atom stereocenters. The first kappa shape index (κ1) is 15.8. The molecule has 0 heterocycles. The molecule has 0 saturated heterocycles. The second-order valence-electron chi connectivity index (χ2n) is 6.08. The van der Waals surface area contributed by atoms with Gasteiger partial charge in [-0.2, -0.15) is 0 Å². The molecule has 1 unspecified atom stereocenters. The van der Waals surface area contributed by atoms with Crippen LogP contribution in [0.2, 0.25) is 0 Å². The lowest BCUT2D eigenvalue weighted by Crippen LogP contribution is -2.46. The monoisotopic (exact) mass is 288 g/mol. The smallest absolute Gasteiger partial charge is 0.191 e. The maximum atomic E-state index is 4.30. The van der Waals surface area contributed by atoms with Crippen LogP contribution in [-0.2, 0) is 6.42 Å². The Kier molecular flexibility index (Phi) is 6.05. The number of rotatable bonds is 7. The molecule has 0 spiro atoms. The Bertz CT molecular complexity index is 437. The molecule has 2 N–H and O–H groups in total. The van der Waals surface area contributed by atoms with Gasteiger partial charge in [0, 0.05) is 26.2 Å². The van der Waals surface area contributed by atoms with Crippen LogP contribution in [0, 0.1) is 5.92 Å². The third-order valence-electron chi connectivity index (χ3n) is 4.03. The number of aliphatic imine (C=N–C) groups is 1. The van der Waals surface area contributed by atoms with Crippen LogP contribution in [0.1, 0.15) is 18.4 Å². The summed E-state index contributed by atoms with van der Waals surface area (Å²) in [4.78, 5) is 6.57. The summed E-state index contributed by atoms with van der Waals surface area (Å²) >= 11 is 0. The lowest BCUT2D eigenvalue weighted by atomic mass is 10.1. The van der Waals surface area contributed by atoms with Gasteiger partial charge in [-0.05, 0) is 44.8 Å². The fraction of sp³-hybridized carbons (Fsp3) is 0.588. The number of likely N-dealkylation sites (N-methyl/N-ethyl adjacent to an activating group) is 1. The molecule has 1 aliphatic rings. The first-order chi connectivity index (χ1) is 10.2. The summed E-state index contributed by atoms with van der Waals surface area (Å²) in [5.74, 6) is 1.78. The van der Waals surface area contributed by atoms with Crippen molar-refractivity contribution in [3.8, 4) is 0 Å². The summed E-state index contributed by atoms with van der Waals surface area (Å²) in [6.45, 7) is 1.94. The van der Waals surface area contributed by atoms with Crippen molar-refractivity contribution in [2.45, 2.75) is 25.3 Å². The molecule has 1 fully saturated rings. The van der Waals surface area contributed by atoms with Gasteiger partial charge >= 0.3 is 0 Å². The molecule has 0 bridgehead atoms. The summed E-state index contributed by atoms with van der Waals surface area (Å²) in [6, 6.07) is 11.1. The zero-order valence-electron chi connectivity index (χ0n) is 13.5. The highest BCUT2D eigenvalue weighted by molar-refractivity contribution is 5.79. The van der Waals surface area contributed by atoms with Gasteiger partial charge in [0.25, 0.3) is 0 Å². The standard InChI is InChI=1S/C17H28N4/c1-18-17(19-12-15-9-10-15)20-13-16(21(2)3)11-14-7-5-4-6-8-14/h4-8,15-16H,9-13H2,1-3H3,(H2,18,19,20). The van der Waals surface area contributed by atoms with E-state index in [9.17, 15) is 0 Å². The van der Waals surface area contributed by atoms with Crippen LogP contribution in [0.25, 0.3) is 0 Å². The van der Waals surface area contributed by atoms with Crippen molar-refractivity contribution in [3.05, 3.63) is 35.9 Å². The fourth-order valence-electron chi connectivity index (χ4n) is 2.32. The molecule has 1 aromatic carbocycles. The van der Waals surface area contributed by atoms with Crippen molar-refractivity contribution < 1.29 is 0 Å². The molecule has 4 heteroatoms. The van der Waals surface area contributed by atoms with Gasteiger partial charge in [-0.15, -0.1) is 0 Å². The number of benzene rings is 1. The molecule has 116 valence electrons. The summed E-state index contributed by atoms with van der Waals surface area (Å²) in [5, 5.41) is 6.86. The normalized spacial score (nSPS) is 16.9. The Morgan fingerprint density at radius 2 is 1.95 bits per heavy atom. The van der Waals surface area contributed by atoms with Crippen molar-refractivity contribution >= 4 is 5.96 Å². The maximum absolute atomic E-state index is 4.30. The van der Waals surface area contributed by atoms with Crippen molar-refractivity contribution in [1.29, 1.82) is 0 Å². The van der Waals surface area contributed by atoms with Crippen LogP contribution >= 0.6 is 0 Å². The summed E-state index contributed by atoms with van der Waals surface area (Å²) in [6.07, 6.45) is 3.76. The van der Waals surface area contributed by atoms with Gasteiger partial charge in [0.1, 0.15) is 0 Å². The Morgan fingerprint density at radius 1 is 1.24 bits per heavy atom.